The molecule has 9 heteroatoms. The van der Waals surface area contributed by atoms with Gasteiger partial charge in [-0.05, 0) is 0 Å². The zero-order valence-corrected chi connectivity index (χ0v) is 17.0. The molecule has 0 saturated carbocycles. The van der Waals surface area contributed by atoms with Crippen molar-refractivity contribution in [3.8, 4) is 17.2 Å². The van der Waals surface area contributed by atoms with Crippen LogP contribution < -0.4 is 4.74 Å². The van der Waals surface area contributed by atoms with Crippen LogP contribution in [-0.2, 0) is 22.6 Å². The Hall–Kier alpha value is -1.44. The average molecular weight is 410 g/mol. The van der Waals surface area contributed by atoms with E-state index in [1.54, 1.807) is 0 Å². The van der Waals surface area contributed by atoms with Gasteiger partial charge in [-0.3, -0.25) is 14.6 Å². The molecule has 3 aliphatic heterocycles. The first-order valence-electron chi connectivity index (χ1n) is 9.70. The lowest BCUT2D eigenvalue weighted by Gasteiger charge is -2.32. The van der Waals surface area contributed by atoms with Crippen LogP contribution in [0.25, 0.3) is 0 Å². The number of carbonyl (C=O) groups excluding carboxylic acids is 1. The topological polar surface area (TPSA) is 91.7 Å². The van der Waals surface area contributed by atoms with E-state index in [-0.39, 0.29) is 35.1 Å². The van der Waals surface area contributed by atoms with Gasteiger partial charge in [-0.15, -0.1) is 0 Å². The van der Waals surface area contributed by atoms with Crippen LogP contribution in [0.2, 0.25) is 0 Å². The molecule has 2 atom stereocenters. The number of ketones is 1. The molecule has 0 aliphatic carbocycles. The van der Waals surface area contributed by atoms with Crippen LogP contribution in [0, 0.1) is 0 Å². The molecule has 1 aromatic carbocycles. The number of fused-ring (bicyclic) bond motifs is 1. The Morgan fingerprint density at radius 3 is 2.00 bits per heavy atom. The Morgan fingerprint density at radius 2 is 1.43 bits per heavy atom. The van der Waals surface area contributed by atoms with E-state index in [1.165, 1.54) is 0 Å². The summed E-state index contributed by atoms with van der Waals surface area (Å²) < 4.78 is 16.7. The SMILES string of the molecule is O=C1C[C@@H](P)Oc2c(CN3CCOCC3)c(O)c(CN3CCOCC3)c(O)c21. The highest BCUT2D eigenvalue weighted by molar-refractivity contribution is 7.17. The van der Waals surface area contributed by atoms with Gasteiger partial charge < -0.3 is 24.4 Å². The maximum absolute atomic E-state index is 12.7. The van der Waals surface area contributed by atoms with E-state index in [0.29, 0.717) is 69.5 Å². The van der Waals surface area contributed by atoms with E-state index in [2.05, 4.69) is 19.0 Å². The minimum atomic E-state index is -0.368. The molecule has 0 bridgehead atoms. The molecule has 2 fully saturated rings. The van der Waals surface area contributed by atoms with Crippen LogP contribution in [0.15, 0.2) is 0 Å². The maximum atomic E-state index is 12.7. The molecule has 4 rings (SSSR count). The molecule has 1 unspecified atom stereocenters. The van der Waals surface area contributed by atoms with Crippen molar-refractivity contribution in [3.05, 3.63) is 16.7 Å². The maximum Gasteiger partial charge on any atom is 0.174 e. The predicted octanol–water partition coefficient (Wildman–Crippen LogP) is 0.929. The fourth-order valence-corrected chi connectivity index (χ4v) is 4.29. The van der Waals surface area contributed by atoms with E-state index >= 15 is 0 Å². The molecule has 2 N–H and O–H groups in total. The van der Waals surface area contributed by atoms with Gasteiger partial charge in [0, 0.05) is 39.3 Å². The Labute approximate surface area is 166 Å². The van der Waals surface area contributed by atoms with Gasteiger partial charge in [0.05, 0.1) is 44.0 Å². The number of hydrogen-bond donors (Lipinski definition) is 2. The predicted molar refractivity (Wildman–Crippen MR) is 105 cm³/mol. The van der Waals surface area contributed by atoms with Gasteiger partial charge in [0.1, 0.15) is 28.7 Å². The van der Waals surface area contributed by atoms with E-state index in [9.17, 15) is 15.0 Å². The van der Waals surface area contributed by atoms with Gasteiger partial charge in [-0.25, -0.2) is 0 Å². The Bertz CT molecular complexity index is 747. The van der Waals surface area contributed by atoms with Crippen LogP contribution in [-0.4, -0.2) is 84.2 Å². The summed E-state index contributed by atoms with van der Waals surface area (Å²) in [5, 5.41) is 22.0. The molecule has 0 amide bonds. The zero-order valence-electron chi connectivity index (χ0n) is 15.9. The van der Waals surface area contributed by atoms with Crippen molar-refractivity contribution in [2.24, 2.45) is 0 Å². The Kier molecular flexibility index (Phi) is 6.04. The van der Waals surface area contributed by atoms with Crippen molar-refractivity contribution in [2.45, 2.75) is 25.4 Å². The summed E-state index contributed by atoms with van der Waals surface area (Å²) in [7, 11) is 2.50. The number of morpholine rings is 2. The van der Waals surface area contributed by atoms with Gasteiger partial charge in [0.25, 0.3) is 0 Å². The number of benzene rings is 1. The second-order valence-corrected chi connectivity index (χ2v) is 8.16. The second kappa shape index (κ2) is 8.51. The van der Waals surface area contributed by atoms with Crippen molar-refractivity contribution in [3.63, 3.8) is 0 Å². The molecule has 2 saturated heterocycles. The van der Waals surface area contributed by atoms with E-state index in [0.717, 1.165) is 13.1 Å². The first-order valence-corrected chi connectivity index (χ1v) is 10.4. The minimum absolute atomic E-state index is 0.0149. The number of carbonyl (C=O) groups is 1. The lowest BCUT2D eigenvalue weighted by Crippen LogP contribution is -2.37. The van der Waals surface area contributed by atoms with Gasteiger partial charge in [0.15, 0.2) is 5.78 Å². The number of ether oxygens (including phenoxy) is 3. The first kappa shape index (κ1) is 19.9. The van der Waals surface area contributed by atoms with Crippen LogP contribution in [0.1, 0.15) is 27.9 Å². The van der Waals surface area contributed by atoms with E-state index < -0.39 is 0 Å². The van der Waals surface area contributed by atoms with E-state index in [4.69, 9.17) is 14.2 Å². The van der Waals surface area contributed by atoms with Crippen molar-refractivity contribution in [1.29, 1.82) is 0 Å². The molecule has 3 heterocycles. The van der Waals surface area contributed by atoms with Gasteiger partial charge in [0.2, 0.25) is 0 Å². The summed E-state index contributed by atoms with van der Waals surface area (Å²) in [5.41, 5.74) is 1.16. The number of aromatic hydroxyl groups is 2. The molecule has 0 spiro atoms. The zero-order chi connectivity index (χ0) is 19.7. The van der Waals surface area contributed by atoms with Gasteiger partial charge >= 0.3 is 0 Å². The third-order valence-corrected chi connectivity index (χ3v) is 5.87. The van der Waals surface area contributed by atoms with E-state index in [1.807, 2.05) is 0 Å². The molecule has 154 valence electrons. The standard InChI is InChI=1S/C19H27N2O6P/c22-14-9-15(28)27-19-13(11-21-3-7-26-8-4-21)17(23)12(18(24)16(14)19)10-20-1-5-25-6-2-20/h15,23-24H,1-11,28H2/t15-/m1/s1. The molecule has 0 aromatic heterocycles. The van der Waals surface area contributed by atoms with Crippen LogP contribution in [0.3, 0.4) is 0 Å². The van der Waals surface area contributed by atoms with Gasteiger partial charge in [-0.2, -0.15) is 0 Å². The summed E-state index contributed by atoms with van der Waals surface area (Å²) in [6.07, 6.45) is 0.185. The Morgan fingerprint density at radius 1 is 0.893 bits per heavy atom. The van der Waals surface area contributed by atoms with Crippen LogP contribution in [0.4, 0.5) is 0 Å². The summed E-state index contributed by atoms with van der Waals surface area (Å²) in [4.78, 5) is 17.0. The smallest absolute Gasteiger partial charge is 0.174 e. The third-order valence-electron chi connectivity index (χ3n) is 5.50. The van der Waals surface area contributed by atoms with Crippen molar-refractivity contribution < 1.29 is 29.2 Å². The van der Waals surface area contributed by atoms with Crippen molar-refractivity contribution >= 4 is 15.0 Å². The number of rotatable bonds is 4. The molecule has 28 heavy (non-hydrogen) atoms. The highest BCUT2D eigenvalue weighted by Crippen LogP contribution is 2.47. The molecule has 0 radical (unpaired) electrons. The second-order valence-electron chi connectivity index (χ2n) is 7.42. The highest BCUT2D eigenvalue weighted by atomic mass is 31.0. The number of nitrogens with zero attached hydrogens (tertiary/aromatic N) is 2. The fraction of sp³-hybridized carbons (Fsp3) is 0.632. The molecule has 1 aromatic rings. The summed E-state index contributed by atoms with van der Waals surface area (Å²) in [6, 6.07) is 0. The monoisotopic (exact) mass is 410 g/mol. The third kappa shape index (κ3) is 3.98. The molecule has 8 nitrogen and oxygen atoms in total. The molecular formula is C19H27N2O6P. The summed E-state index contributed by atoms with van der Waals surface area (Å²) in [6.45, 7) is 6.22. The summed E-state index contributed by atoms with van der Waals surface area (Å²) >= 11 is 0. The number of Topliss-reactive ketones (excluding diaryl/α,β-unsaturated/α-hetero) is 1. The lowest BCUT2D eigenvalue weighted by atomic mass is 9.94. The molecule has 3 aliphatic rings. The fourth-order valence-electron chi connectivity index (χ4n) is 3.94. The van der Waals surface area contributed by atoms with Crippen LogP contribution >= 0.6 is 9.24 Å². The minimum Gasteiger partial charge on any atom is -0.507 e. The number of hydrogen-bond acceptors (Lipinski definition) is 8. The number of phenolic OH excluding ortho intramolecular Hbond substituents is 2. The van der Waals surface area contributed by atoms with Gasteiger partial charge in [-0.1, -0.05) is 9.24 Å². The summed E-state index contributed by atoms with van der Waals surface area (Å²) in [5.74, 6) is -0.367. The normalized spacial score (nSPS) is 24.0. The van der Waals surface area contributed by atoms with Crippen molar-refractivity contribution in [2.75, 3.05) is 52.6 Å². The average Bonchev–Trinajstić information content (AvgIpc) is 2.69. The first-order chi connectivity index (χ1) is 13.5. The highest BCUT2D eigenvalue weighted by Gasteiger charge is 2.35. The van der Waals surface area contributed by atoms with Crippen molar-refractivity contribution in [1.82, 2.24) is 9.80 Å². The quantitative estimate of drug-likeness (QED) is 0.709. The lowest BCUT2D eigenvalue weighted by molar-refractivity contribution is 0.0320. The van der Waals surface area contributed by atoms with Crippen LogP contribution in [0.5, 0.6) is 17.2 Å². The largest absolute Gasteiger partial charge is 0.507 e. The number of phenols is 2. The Balaban J connectivity index is 1.74. The molecular weight excluding hydrogens is 383 g/mol.